The van der Waals surface area contributed by atoms with Gasteiger partial charge < -0.3 is 9.73 Å². The molecule has 3 rings (SSSR count). The zero-order valence-corrected chi connectivity index (χ0v) is 15.6. The number of nitrogens with one attached hydrogen (secondary N) is 1. The summed E-state index contributed by atoms with van der Waals surface area (Å²) in [6, 6.07) is 12.2. The van der Waals surface area contributed by atoms with Crippen LogP contribution in [-0.4, -0.2) is 26.9 Å². The first-order valence-electron chi connectivity index (χ1n) is 8.86. The maximum Gasteiger partial charge on any atom is 0.277 e. The van der Waals surface area contributed by atoms with Gasteiger partial charge in [0.1, 0.15) is 5.54 Å². The first-order chi connectivity index (χ1) is 12.6. The van der Waals surface area contributed by atoms with E-state index in [2.05, 4.69) is 21.6 Å². The third-order valence-corrected chi connectivity index (χ3v) is 5.51. The Hall–Kier alpha value is -2.33. The van der Waals surface area contributed by atoms with Crippen molar-refractivity contribution in [2.75, 3.05) is 0 Å². The van der Waals surface area contributed by atoms with Crippen LogP contribution in [0.2, 0.25) is 0 Å². The fourth-order valence-corrected chi connectivity index (χ4v) is 3.79. The second-order valence-corrected chi connectivity index (χ2v) is 7.92. The van der Waals surface area contributed by atoms with Gasteiger partial charge in [0.25, 0.3) is 5.22 Å². The summed E-state index contributed by atoms with van der Waals surface area (Å²) < 4.78 is 5.65. The Kier molecular flexibility index (Phi) is 5.94. The highest BCUT2D eigenvalue weighted by Crippen LogP contribution is 2.29. The summed E-state index contributed by atoms with van der Waals surface area (Å²) >= 11 is 1.22. The number of aromatic nitrogens is 2. The molecule has 1 aliphatic carbocycles. The molecular weight excluding hydrogens is 348 g/mol. The Labute approximate surface area is 157 Å². The molecule has 0 spiro atoms. The van der Waals surface area contributed by atoms with Crippen molar-refractivity contribution >= 4 is 17.7 Å². The summed E-state index contributed by atoms with van der Waals surface area (Å²) in [7, 11) is 0. The first kappa shape index (κ1) is 18.5. The van der Waals surface area contributed by atoms with Crippen LogP contribution in [0.1, 0.15) is 50.5 Å². The standard InChI is InChI=1S/C19H22N4O2S/c1-14(17(24)21-19(13-20)10-6-3-7-11-19)26-18-23-22-16(25-18)12-15-8-4-2-5-9-15/h2,4-5,8-9,14H,3,6-7,10-12H2,1H3,(H,21,24)/t14-/m1/s1. The quantitative estimate of drug-likeness (QED) is 0.783. The molecule has 0 aliphatic heterocycles. The molecule has 0 bridgehead atoms. The minimum Gasteiger partial charge on any atom is -0.416 e. The summed E-state index contributed by atoms with van der Waals surface area (Å²) in [6.45, 7) is 1.79. The average molecular weight is 370 g/mol. The zero-order chi connectivity index (χ0) is 18.4. The number of nitriles is 1. The molecule has 1 aliphatic rings. The number of benzene rings is 1. The topological polar surface area (TPSA) is 91.8 Å². The number of carbonyl (C=O) groups is 1. The highest BCUT2D eigenvalue weighted by atomic mass is 32.2. The van der Waals surface area contributed by atoms with Crippen LogP contribution in [0.15, 0.2) is 40.0 Å². The molecule has 1 saturated carbocycles. The number of rotatable bonds is 6. The number of nitrogens with zero attached hydrogens (tertiary/aromatic N) is 3. The van der Waals surface area contributed by atoms with Gasteiger partial charge in [-0.3, -0.25) is 4.79 Å². The SMILES string of the molecule is C[C@@H](Sc1nnc(Cc2ccccc2)o1)C(=O)NC1(C#N)CCCCC1. The molecule has 0 saturated heterocycles. The Morgan fingerprint density at radius 1 is 1.31 bits per heavy atom. The fourth-order valence-electron chi connectivity index (χ4n) is 3.09. The van der Waals surface area contributed by atoms with Gasteiger partial charge in [0.15, 0.2) is 0 Å². The van der Waals surface area contributed by atoms with Crippen LogP contribution in [0.4, 0.5) is 0 Å². The van der Waals surface area contributed by atoms with E-state index in [1.54, 1.807) is 6.92 Å². The van der Waals surface area contributed by atoms with Gasteiger partial charge in [-0.05, 0) is 25.3 Å². The van der Waals surface area contributed by atoms with Gasteiger partial charge in [-0.15, -0.1) is 10.2 Å². The normalized spacial score (nSPS) is 17.2. The molecule has 1 heterocycles. The van der Waals surface area contributed by atoms with Crippen LogP contribution in [0.3, 0.4) is 0 Å². The summed E-state index contributed by atoms with van der Waals surface area (Å²) in [5, 5.41) is 20.5. The number of hydrogen-bond donors (Lipinski definition) is 1. The molecule has 1 N–H and O–H groups in total. The molecule has 1 amide bonds. The third-order valence-electron chi connectivity index (χ3n) is 4.58. The lowest BCUT2D eigenvalue weighted by molar-refractivity contribution is -0.122. The largest absolute Gasteiger partial charge is 0.416 e. The van der Waals surface area contributed by atoms with Crippen LogP contribution in [0.25, 0.3) is 0 Å². The van der Waals surface area contributed by atoms with Gasteiger partial charge in [0.2, 0.25) is 11.8 Å². The Morgan fingerprint density at radius 2 is 2.04 bits per heavy atom. The maximum atomic E-state index is 12.5. The van der Waals surface area contributed by atoms with Gasteiger partial charge in [-0.2, -0.15) is 5.26 Å². The number of amides is 1. The lowest BCUT2D eigenvalue weighted by Gasteiger charge is -2.32. The van der Waals surface area contributed by atoms with Crippen LogP contribution < -0.4 is 5.32 Å². The van der Waals surface area contributed by atoms with Crippen molar-refractivity contribution in [3.05, 3.63) is 41.8 Å². The minimum atomic E-state index is -0.725. The van der Waals surface area contributed by atoms with E-state index in [1.165, 1.54) is 11.8 Å². The number of thioether (sulfide) groups is 1. The average Bonchev–Trinajstić information content (AvgIpc) is 3.10. The summed E-state index contributed by atoms with van der Waals surface area (Å²) in [5.74, 6) is 0.355. The predicted molar refractivity (Wildman–Crippen MR) is 98.4 cm³/mol. The Balaban J connectivity index is 1.57. The predicted octanol–water partition coefficient (Wildman–Crippen LogP) is 3.48. The monoisotopic (exact) mass is 370 g/mol. The summed E-state index contributed by atoms with van der Waals surface area (Å²) in [4.78, 5) is 12.5. The van der Waals surface area contributed by atoms with E-state index < -0.39 is 10.8 Å². The smallest absolute Gasteiger partial charge is 0.277 e. The number of hydrogen-bond acceptors (Lipinski definition) is 6. The second-order valence-electron chi connectivity index (χ2n) is 6.63. The van der Waals surface area contributed by atoms with E-state index in [4.69, 9.17) is 4.42 Å². The molecule has 7 heteroatoms. The fraction of sp³-hybridized carbons (Fsp3) is 0.474. The van der Waals surface area contributed by atoms with E-state index in [0.717, 1.165) is 24.8 Å². The molecule has 1 atom stereocenters. The van der Waals surface area contributed by atoms with Gasteiger partial charge in [-0.1, -0.05) is 61.4 Å². The Morgan fingerprint density at radius 3 is 2.73 bits per heavy atom. The Bertz CT molecular complexity index is 778. The molecule has 0 unspecified atom stereocenters. The lowest BCUT2D eigenvalue weighted by atomic mass is 9.83. The van der Waals surface area contributed by atoms with Crippen LogP contribution in [-0.2, 0) is 11.2 Å². The van der Waals surface area contributed by atoms with Crippen molar-refractivity contribution in [2.45, 2.75) is 61.5 Å². The van der Waals surface area contributed by atoms with E-state index >= 15 is 0 Å². The molecule has 2 aromatic rings. The molecule has 1 aromatic carbocycles. The molecule has 26 heavy (non-hydrogen) atoms. The molecule has 0 radical (unpaired) electrons. The van der Waals surface area contributed by atoms with Crippen LogP contribution in [0, 0.1) is 11.3 Å². The van der Waals surface area contributed by atoms with Gasteiger partial charge in [0, 0.05) is 0 Å². The highest BCUT2D eigenvalue weighted by molar-refractivity contribution is 8.00. The van der Waals surface area contributed by atoms with Crippen molar-refractivity contribution in [2.24, 2.45) is 0 Å². The molecule has 1 aromatic heterocycles. The molecule has 136 valence electrons. The first-order valence-corrected chi connectivity index (χ1v) is 9.74. The van der Waals surface area contributed by atoms with Crippen molar-refractivity contribution < 1.29 is 9.21 Å². The van der Waals surface area contributed by atoms with Crippen molar-refractivity contribution in [1.29, 1.82) is 5.26 Å². The van der Waals surface area contributed by atoms with Crippen molar-refractivity contribution in [3.63, 3.8) is 0 Å². The number of carbonyl (C=O) groups excluding carboxylic acids is 1. The molecule has 1 fully saturated rings. The molecular formula is C19H22N4O2S. The summed E-state index contributed by atoms with van der Waals surface area (Å²) in [6.07, 6.45) is 5.06. The third kappa shape index (κ3) is 4.64. The van der Waals surface area contributed by atoms with Gasteiger partial charge >= 0.3 is 0 Å². The van der Waals surface area contributed by atoms with Gasteiger partial charge in [-0.25, -0.2) is 0 Å². The van der Waals surface area contributed by atoms with Crippen molar-refractivity contribution in [3.8, 4) is 6.07 Å². The molecule has 6 nitrogen and oxygen atoms in total. The van der Waals surface area contributed by atoms with Crippen LogP contribution >= 0.6 is 11.8 Å². The summed E-state index contributed by atoms with van der Waals surface area (Å²) in [5.41, 5.74) is 0.365. The second kappa shape index (κ2) is 8.37. The van der Waals surface area contributed by atoms with Gasteiger partial charge in [0.05, 0.1) is 17.7 Å². The highest BCUT2D eigenvalue weighted by Gasteiger charge is 2.35. The van der Waals surface area contributed by atoms with E-state index in [1.807, 2.05) is 30.3 Å². The zero-order valence-electron chi connectivity index (χ0n) is 14.8. The lowest BCUT2D eigenvalue weighted by Crippen LogP contribution is -2.50. The minimum absolute atomic E-state index is 0.166. The maximum absolute atomic E-state index is 12.5. The van der Waals surface area contributed by atoms with E-state index in [9.17, 15) is 10.1 Å². The van der Waals surface area contributed by atoms with Crippen LogP contribution in [0.5, 0.6) is 0 Å². The van der Waals surface area contributed by atoms with E-state index in [-0.39, 0.29) is 5.91 Å². The van der Waals surface area contributed by atoms with E-state index in [0.29, 0.717) is 30.4 Å². The van der Waals surface area contributed by atoms with Crippen molar-refractivity contribution in [1.82, 2.24) is 15.5 Å².